The number of halogens is 1. The van der Waals surface area contributed by atoms with E-state index in [4.69, 9.17) is 11.6 Å². The molecular weight excluding hydrogens is 348 g/mol. The van der Waals surface area contributed by atoms with Gasteiger partial charge in [0.2, 0.25) is 16.9 Å². The first-order valence-corrected chi connectivity index (χ1v) is 8.90. The zero-order chi connectivity index (χ0) is 17.1. The van der Waals surface area contributed by atoms with Crippen LogP contribution in [0.15, 0.2) is 24.3 Å². The van der Waals surface area contributed by atoms with Gasteiger partial charge in [-0.2, -0.15) is 0 Å². The van der Waals surface area contributed by atoms with Crippen LogP contribution in [0.5, 0.6) is 0 Å². The van der Waals surface area contributed by atoms with Crippen molar-refractivity contribution >= 4 is 39.9 Å². The zero-order valence-electron chi connectivity index (χ0n) is 13.2. The molecule has 1 saturated heterocycles. The van der Waals surface area contributed by atoms with Gasteiger partial charge in [-0.15, -0.1) is 10.2 Å². The third kappa shape index (κ3) is 3.73. The molecule has 24 heavy (non-hydrogen) atoms. The number of aromatic nitrogens is 2. The standard InChI is InChI=1S/C16H17ClN4O2S/c1-2-13-19-20-16(24-13)18-15(23)11-7-14(22)21(9-11)8-10-5-3-4-6-12(10)17/h3-6,11H,2,7-9H2,1H3,(H,18,20,23). The fourth-order valence-corrected chi connectivity index (χ4v) is 3.47. The Hall–Kier alpha value is -1.99. The van der Waals surface area contributed by atoms with Crippen LogP contribution in [0, 0.1) is 5.92 Å². The number of hydrogen-bond donors (Lipinski definition) is 1. The van der Waals surface area contributed by atoms with Crippen LogP contribution in [0.3, 0.4) is 0 Å². The molecule has 1 atom stereocenters. The van der Waals surface area contributed by atoms with Crippen molar-refractivity contribution < 1.29 is 9.59 Å². The Labute approximate surface area is 148 Å². The van der Waals surface area contributed by atoms with Crippen molar-refractivity contribution in [2.24, 2.45) is 5.92 Å². The van der Waals surface area contributed by atoms with Gasteiger partial charge < -0.3 is 10.2 Å². The van der Waals surface area contributed by atoms with Crippen LogP contribution in [0.1, 0.15) is 23.9 Å². The minimum atomic E-state index is -0.381. The second-order valence-electron chi connectivity index (χ2n) is 5.61. The van der Waals surface area contributed by atoms with E-state index in [-0.39, 0.29) is 24.2 Å². The molecule has 0 bridgehead atoms. The smallest absolute Gasteiger partial charge is 0.231 e. The number of carbonyl (C=O) groups is 2. The summed E-state index contributed by atoms with van der Waals surface area (Å²) in [6.07, 6.45) is 0.983. The average molecular weight is 365 g/mol. The van der Waals surface area contributed by atoms with Crippen LogP contribution >= 0.6 is 22.9 Å². The number of nitrogens with one attached hydrogen (secondary N) is 1. The van der Waals surface area contributed by atoms with Gasteiger partial charge in [0, 0.05) is 24.5 Å². The molecule has 2 heterocycles. The van der Waals surface area contributed by atoms with E-state index in [1.54, 1.807) is 11.0 Å². The summed E-state index contributed by atoms with van der Waals surface area (Å²) in [5.41, 5.74) is 0.880. The van der Waals surface area contributed by atoms with E-state index in [2.05, 4.69) is 15.5 Å². The largest absolute Gasteiger partial charge is 0.337 e. The molecule has 0 aliphatic carbocycles. The van der Waals surface area contributed by atoms with Crippen LogP contribution in [0.4, 0.5) is 5.13 Å². The predicted octanol–water partition coefficient (Wildman–Crippen LogP) is 2.74. The molecule has 1 unspecified atom stereocenters. The molecule has 6 nitrogen and oxygen atoms in total. The maximum absolute atomic E-state index is 12.3. The summed E-state index contributed by atoms with van der Waals surface area (Å²) in [5, 5.41) is 12.6. The summed E-state index contributed by atoms with van der Waals surface area (Å²) < 4.78 is 0. The van der Waals surface area contributed by atoms with Gasteiger partial charge in [0.05, 0.1) is 5.92 Å². The maximum atomic E-state index is 12.3. The van der Waals surface area contributed by atoms with Crippen molar-refractivity contribution in [3.63, 3.8) is 0 Å². The van der Waals surface area contributed by atoms with E-state index < -0.39 is 0 Å². The number of carbonyl (C=O) groups excluding carboxylic acids is 2. The molecule has 1 aliphatic heterocycles. The summed E-state index contributed by atoms with van der Waals surface area (Å²) in [6, 6.07) is 7.41. The number of aryl methyl sites for hydroxylation is 1. The molecule has 2 aromatic rings. The van der Waals surface area contributed by atoms with Crippen LogP contribution in [0.2, 0.25) is 5.02 Å². The number of amides is 2. The van der Waals surface area contributed by atoms with Gasteiger partial charge in [0.25, 0.3) is 0 Å². The first-order chi connectivity index (χ1) is 11.6. The molecule has 1 fully saturated rings. The Morgan fingerprint density at radius 3 is 2.92 bits per heavy atom. The topological polar surface area (TPSA) is 75.2 Å². The lowest BCUT2D eigenvalue weighted by Crippen LogP contribution is -2.28. The van der Waals surface area contributed by atoms with Gasteiger partial charge in [-0.05, 0) is 18.1 Å². The molecule has 1 aromatic carbocycles. The van der Waals surface area contributed by atoms with Crippen molar-refractivity contribution in [3.8, 4) is 0 Å². The number of hydrogen-bond acceptors (Lipinski definition) is 5. The predicted molar refractivity (Wildman–Crippen MR) is 92.9 cm³/mol. The minimum absolute atomic E-state index is 0.0402. The van der Waals surface area contributed by atoms with E-state index in [1.165, 1.54) is 11.3 Å². The van der Waals surface area contributed by atoms with Gasteiger partial charge in [-0.25, -0.2) is 0 Å². The van der Waals surface area contributed by atoms with Crippen molar-refractivity contribution in [1.82, 2.24) is 15.1 Å². The van der Waals surface area contributed by atoms with Crippen molar-refractivity contribution in [2.75, 3.05) is 11.9 Å². The first-order valence-electron chi connectivity index (χ1n) is 7.71. The SMILES string of the molecule is CCc1nnc(NC(=O)C2CC(=O)N(Cc3ccccc3Cl)C2)s1. The third-order valence-corrected chi connectivity index (χ3v) is 5.26. The Balaban J connectivity index is 1.61. The number of nitrogens with zero attached hydrogens (tertiary/aromatic N) is 3. The van der Waals surface area contributed by atoms with Crippen LogP contribution in [-0.4, -0.2) is 33.5 Å². The monoisotopic (exact) mass is 364 g/mol. The van der Waals surface area contributed by atoms with Gasteiger partial charge in [-0.3, -0.25) is 9.59 Å². The summed E-state index contributed by atoms with van der Waals surface area (Å²) in [4.78, 5) is 26.2. The highest BCUT2D eigenvalue weighted by atomic mass is 35.5. The van der Waals surface area contributed by atoms with Crippen molar-refractivity contribution in [1.29, 1.82) is 0 Å². The van der Waals surface area contributed by atoms with E-state index in [0.29, 0.717) is 23.2 Å². The molecule has 3 rings (SSSR count). The Morgan fingerprint density at radius 1 is 1.42 bits per heavy atom. The van der Waals surface area contributed by atoms with Gasteiger partial charge >= 0.3 is 0 Å². The molecular formula is C16H17ClN4O2S. The van der Waals surface area contributed by atoms with Gasteiger partial charge in [0.15, 0.2) is 0 Å². The van der Waals surface area contributed by atoms with E-state index in [9.17, 15) is 9.59 Å². The second kappa shape index (κ2) is 7.27. The van der Waals surface area contributed by atoms with Crippen LogP contribution in [-0.2, 0) is 22.6 Å². The molecule has 0 radical (unpaired) electrons. The first kappa shape index (κ1) is 16.9. The second-order valence-corrected chi connectivity index (χ2v) is 7.08. The summed E-state index contributed by atoms with van der Waals surface area (Å²) in [7, 11) is 0. The van der Waals surface area contributed by atoms with E-state index in [0.717, 1.165) is 17.0 Å². The fourth-order valence-electron chi connectivity index (χ4n) is 2.59. The third-order valence-electron chi connectivity index (χ3n) is 3.90. The average Bonchev–Trinajstić information content (AvgIpc) is 3.16. The number of rotatable bonds is 5. The lowest BCUT2D eigenvalue weighted by atomic mass is 10.1. The van der Waals surface area contributed by atoms with E-state index in [1.807, 2.05) is 25.1 Å². The highest BCUT2D eigenvalue weighted by molar-refractivity contribution is 7.15. The van der Waals surface area contributed by atoms with Crippen LogP contribution in [0.25, 0.3) is 0 Å². The Kier molecular flexibility index (Phi) is 5.11. The lowest BCUT2D eigenvalue weighted by Gasteiger charge is -2.17. The molecule has 1 aromatic heterocycles. The summed E-state index contributed by atoms with van der Waals surface area (Å²) >= 11 is 7.50. The van der Waals surface area contributed by atoms with Gasteiger partial charge in [-0.1, -0.05) is 48.1 Å². The summed E-state index contributed by atoms with van der Waals surface area (Å²) in [6.45, 7) is 2.78. The molecule has 1 aliphatic rings. The highest BCUT2D eigenvalue weighted by Crippen LogP contribution is 2.25. The number of anilines is 1. The summed E-state index contributed by atoms with van der Waals surface area (Å²) in [5.74, 6) is -0.612. The molecule has 8 heteroatoms. The normalized spacial score (nSPS) is 17.3. The minimum Gasteiger partial charge on any atom is -0.337 e. The Bertz CT molecular complexity index is 764. The van der Waals surface area contributed by atoms with Crippen molar-refractivity contribution in [2.45, 2.75) is 26.3 Å². The molecule has 1 N–H and O–H groups in total. The molecule has 0 saturated carbocycles. The zero-order valence-corrected chi connectivity index (χ0v) is 14.7. The highest BCUT2D eigenvalue weighted by Gasteiger charge is 2.34. The number of likely N-dealkylation sites (tertiary alicyclic amines) is 1. The fraction of sp³-hybridized carbons (Fsp3) is 0.375. The quantitative estimate of drug-likeness (QED) is 0.885. The molecule has 2 amide bonds. The van der Waals surface area contributed by atoms with Crippen LogP contribution < -0.4 is 5.32 Å². The van der Waals surface area contributed by atoms with Gasteiger partial charge in [0.1, 0.15) is 5.01 Å². The Morgan fingerprint density at radius 2 is 2.21 bits per heavy atom. The molecule has 0 spiro atoms. The maximum Gasteiger partial charge on any atom is 0.231 e. The lowest BCUT2D eigenvalue weighted by molar-refractivity contribution is -0.128. The molecule has 126 valence electrons. The number of benzene rings is 1. The van der Waals surface area contributed by atoms with Crippen molar-refractivity contribution in [3.05, 3.63) is 39.9 Å². The van der Waals surface area contributed by atoms with E-state index >= 15 is 0 Å².